The van der Waals surface area contributed by atoms with Crippen LogP contribution in [-0.2, 0) is 13.1 Å². The second kappa shape index (κ2) is 8.16. The number of nitrogens with two attached hydrogens (primary N) is 1. The molecule has 0 bridgehead atoms. The minimum atomic E-state index is 0.682. The molecule has 0 spiro atoms. The Balaban J connectivity index is 1.46. The zero-order valence-electron chi connectivity index (χ0n) is 13.3. The van der Waals surface area contributed by atoms with Crippen LogP contribution in [0.1, 0.15) is 24.0 Å². The van der Waals surface area contributed by atoms with E-state index >= 15 is 0 Å². The molecule has 1 saturated heterocycles. The highest BCUT2D eigenvalue weighted by Crippen LogP contribution is 2.23. The van der Waals surface area contributed by atoms with Crippen LogP contribution in [0, 0.1) is 0 Å². The Labute approximate surface area is 148 Å². The topological polar surface area (TPSA) is 21.1 Å². The molecule has 2 aromatic carbocycles. The molecule has 3 rings (SSSR count). The zero-order chi connectivity index (χ0) is 16.1. The molecule has 0 atom stereocenters. The van der Waals surface area contributed by atoms with Gasteiger partial charge < -0.3 is 10.2 Å². The quantitative estimate of drug-likeness (QED) is 0.825. The third-order valence-corrected chi connectivity index (χ3v) is 5.46. The molecular weight excluding hydrogens is 327 g/mol. The molecule has 0 unspecified atom stereocenters. The van der Waals surface area contributed by atoms with Crippen molar-refractivity contribution in [3.05, 3.63) is 69.7 Å². The summed E-state index contributed by atoms with van der Waals surface area (Å²) in [6, 6.07) is 17.2. The highest BCUT2D eigenvalue weighted by molar-refractivity contribution is 6.35. The Bertz CT molecular complexity index is 602. The molecule has 2 nitrogen and oxygen atoms in total. The van der Waals surface area contributed by atoms with Gasteiger partial charge in [-0.05, 0) is 12.1 Å². The van der Waals surface area contributed by atoms with Gasteiger partial charge in [0.2, 0.25) is 0 Å². The molecule has 1 aliphatic rings. The van der Waals surface area contributed by atoms with Crippen LogP contribution in [0.4, 0.5) is 0 Å². The van der Waals surface area contributed by atoms with Crippen molar-refractivity contribution in [1.29, 1.82) is 0 Å². The Hall–Kier alpha value is -1.06. The number of hydrogen-bond acceptors (Lipinski definition) is 0. The number of piperidine rings is 1. The average Bonchev–Trinajstić information content (AvgIpc) is 2.57. The fourth-order valence-corrected chi connectivity index (χ4v) is 3.91. The highest BCUT2D eigenvalue weighted by atomic mass is 35.5. The third-order valence-electron chi connectivity index (χ3n) is 4.75. The number of quaternary nitrogens is 2. The standard InChI is InChI=1S/C19H22Cl2N2/c20-18-7-4-8-19(21)17(18)13-22-16-9-11-23(12-10-16)14-15-5-2-1-3-6-15/h1-8,16,22H,9-14H2/p+2. The van der Waals surface area contributed by atoms with Crippen molar-refractivity contribution < 1.29 is 10.2 Å². The monoisotopic (exact) mass is 350 g/mol. The molecule has 3 N–H and O–H groups in total. The first kappa shape index (κ1) is 16.8. The molecule has 4 heteroatoms. The summed E-state index contributed by atoms with van der Waals surface area (Å²) in [4.78, 5) is 1.69. The van der Waals surface area contributed by atoms with Gasteiger partial charge in [-0.25, -0.2) is 0 Å². The normalized spacial score (nSPS) is 21.3. The molecule has 1 heterocycles. The maximum atomic E-state index is 6.25. The lowest BCUT2D eigenvalue weighted by Crippen LogP contribution is -3.13. The second-order valence-corrected chi connectivity index (χ2v) is 7.20. The van der Waals surface area contributed by atoms with Gasteiger partial charge in [0.05, 0.1) is 29.2 Å². The number of halogens is 2. The van der Waals surface area contributed by atoms with Gasteiger partial charge in [0.25, 0.3) is 0 Å². The summed E-state index contributed by atoms with van der Waals surface area (Å²) in [5.74, 6) is 0. The summed E-state index contributed by atoms with van der Waals surface area (Å²) >= 11 is 12.5. The third kappa shape index (κ3) is 4.71. The summed E-state index contributed by atoms with van der Waals surface area (Å²) in [6.07, 6.45) is 2.51. The van der Waals surface area contributed by atoms with E-state index in [2.05, 4.69) is 35.6 Å². The smallest absolute Gasteiger partial charge is 0.104 e. The van der Waals surface area contributed by atoms with Crippen LogP contribution in [0.25, 0.3) is 0 Å². The first-order valence-corrected chi connectivity index (χ1v) is 9.11. The van der Waals surface area contributed by atoms with Gasteiger partial charge in [0.15, 0.2) is 0 Å². The average molecular weight is 351 g/mol. The number of hydrogen-bond donors (Lipinski definition) is 2. The molecule has 0 aromatic heterocycles. The van der Waals surface area contributed by atoms with Gasteiger partial charge in [0, 0.05) is 24.0 Å². The number of likely N-dealkylation sites (tertiary alicyclic amines) is 1. The van der Waals surface area contributed by atoms with Crippen molar-refractivity contribution in [2.75, 3.05) is 13.1 Å². The van der Waals surface area contributed by atoms with Crippen molar-refractivity contribution in [3.8, 4) is 0 Å². The molecule has 23 heavy (non-hydrogen) atoms. The Morgan fingerprint density at radius 2 is 1.57 bits per heavy atom. The van der Waals surface area contributed by atoms with E-state index in [0.29, 0.717) is 6.04 Å². The lowest BCUT2D eigenvalue weighted by atomic mass is 10.0. The zero-order valence-corrected chi connectivity index (χ0v) is 14.8. The molecule has 1 aliphatic heterocycles. The molecule has 2 aromatic rings. The number of benzene rings is 2. The van der Waals surface area contributed by atoms with E-state index < -0.39 is 0 Å². The SMILES string of the molecule is Clc1cccc(Cl)c1C[NH2+]C1CC[NH+](Cc2ccccc2)CC1. The largest absolute Gasteiger partial charge is 0.340 e. The summed E-state index contributed by atoms with van der Waals surface area (Å²) in [5, 5.41) is 3.97. The summed E-state index contributed by atoms with van der Waals surface area (Å²) < 4.78 is 0. The van der Waals surface area contributed by atoms with Crippen LogP contribution < -0.4 is 10.2 Å². The van der Waals surface area contributed by atoms with Crippen LogP contribution in [0.5, 0.6) is 0 Å². The Kier molecular flexibility index (Phi) is 5.96. The van der Waals surface area contributed by atoms with E-state index in [1.54, 1.807) is 4.90 Å². The highest BCUT2D eigenvalue weighted by Gasteiger charge is 2.24. The Morgan fingerprint density at radius 1 is 0.913 bits per heavy atom. The van der Waals surface area contributed by atoms with E-state index in [9.17, 15) is 0 Å². The van der Waals surface area contributed by atoms with Crippen LogP contribution in [0.15, 0.2) is 48.5 Å². The van der Waals surface area contributed by atoms with Crippen LogP contribution >= 0.6 is 23.2 Å². The first-order chi connectivity index (χ1) is 11.2. The van der Waals surface area contributed by atoms with Crippen molar-refractivity contribution >= 4 is 23.2 Å². The molecule has 0 aliphatic carbocycles. The van der Waals surface area contributed by atoms with E-state index in [0.717, 1.165) is 28.7 Å². The minimum absolute atomic E-state index is 0.682. The predicted molar refractivity (Wildman–Crippen MR) is 96.0 cm³/mol. The van der Waals surface area contributed by atoms with E-state index in [1.807, 2.05) is 18.2 Å². The van der Waals surface area contributed by atoms with Crippen molar-refractivity contribution in [2.24, 2.45) is 0 Å². The van der Waals surface area contributed by atoms with Crippen molar-refractivity contribution in [3.63, 3.8) is 0 Å². The second-order valence-electron chi connectivity index (χ2n) is 6.39. The van der Waals surface area contributed by atoms with Gasteiger partial charge in [0.1, 0.15) is 13.1 Å². The maximum Gasteiger partial charge on any atom is 0.104 e. The van der Waals surface area contributed by atoms with Crippen molar-refractivity contribution in [2.45, 2.75) is 32.0 Å². The lowest BCUT2D eigenvalue weighted by Gasteiger charge is -2.28. The summed E-state index contributed by atoms with van der Waals surface area (Å²) in [5.41, 5.74) is 2.50. The molecule has 1 fully saturated rings. The van der Waals surface area contributed by atoms with Gasteiger partial charge in [-0.3, -0.25) is 0 Å². The van der Waals surface area contributed by atoms with Gasteiger partial charge >= 0.3 is 0 Å². The van der Waals surface area contributed by atoms with Gasteiger partial charge in [-0.2, -0.15) is 0 Å². The fourth-order valence-electron chi connectivity index (χ4n) is 3.36. The van der Waals surface area contributed by atoms with Crippen LogP contribution in [0.3, 0.4) is 0 Å². The molecule has 122 valence electrons. The molecule has 0 radical (unpaired) electrons. The van der Waals surface area contributed by atoms with E-state index in [-0.39, 0.29) is 0 Å². The molecule has 0 amide bonds. The lowest BCUT2D eigenvalue weighted by molar-refractivity contribution is -0.926. The predicted octanol–water partition coefficient (Wildman–Crippen LogP) is 2.30. The van der Waals surface area contributed by atoms with Gasteiger partial charge in [-0.1, -0.05) is 59.6 Å². The fraction of sp³-hybridized carbons (Fsp3) is 0.368. The van der Waals surface area contributed by atoms with Gasteiger partial charge in [-0.15, -0.1) is 0 Å². The Morgan fingerprint density at radius 3 is 2.22 bits per heavy atom. The number of rotatable bonds is 5. The van der Waals surface area contributed by atoms with E-state index in [4.69, 9.17) is 23.2 Å². The maximum absolute atomic E-state index is 6.25. The molecule has 0 saturated carbocycles. The van der Waals surface area contributed by atoms with Crippen LogP contribution in [0.2, 0.25) is 10.0 Å². The minimum Gasteiger partial charge on any atom is -0.340 e. The summed E-state index contributed by atoms with van der Waals surface area (Å²) in [7, 11) is 0. The summed E-state index contributed by atoms with van der Waals surface area (Å²) in [6.45, 7) is 4.50. The van der Waals surface area contributed by atoms with Crippen molar-refractivity contribution in [1.82, 2.24) is 0 Å². The van der Waals surface area contributed by atoms with E-state index in [1.165, 1.54) is 31.5 Å². The van der Waals surface area contributed by atoms with Crippen LogP contribution in [-0.4, -0.2) is 19.1 Å². The number of nitrogens with one attached hydrogen (secondary N) is 1. The first-order valence-electron chi connectivity index (χ1n) is 8.36. The molecular formula is C19H24Cl2N2+2.